The number of hydrogen-bond donors (Lipinski definition) is 2. The van der Waals surface area contributed by atoms with E-state index in [-0.39, 0.29) is 22.9 Å². The summed E-state index contributed by atoms with van der Waals surface area (Å²) in [6, 6.07) is 9.28. The molecule has 0 aliphatic carbocycles. The molecule has 1 aromatic carbocycles. The van der Waals surface area contributed by atoms with Gasteiger partial charge in [0.1, 0.15) is 5.56 Å². The van der Waals surface area contributed by atoms with Gasteiger partial charge in [0.25, 0.3) is 11.8 Å². The van der Waals surface area contributed by atoms with Crippen molar-refractivity contribution in [3.63, 3.8) is 0 Å². The molecule has 1 heterocycles. The van der Waals surface area contributed by atoms with Crippen LogP contribution in [0.25, 0.3) is 0 Å². The first kappa shape index (κ1) is 20.5. The molecule has 2 rings (SSSR count). The minimum atomic E-state index is -3.61. The molecule has 9 heteroatoms. The van der Waals surface area contributed by atoms with Crippen LogP contribution in [-0.2, 0) is 21.4 Å². The number of amides is 2. The lowest BCUT2D eigenvalue weighted by Gasteiger charge is -2.18. The quantitative estimate of drug-likeness (QED) is 0.646. The molecular formula is C18H23N4O4S+. The third kappa shape index (κ3) is 5.11. The Bertz CT molecular complexity index is 940. The molecule has 0 saturated carbocycles. The Labute approximate surface area is 158 Å². The topological polar surface area (TPSA) is 113 Å². The lowest BCUT2D eigenvalue weighted by Crippen LogP contribution is -2.40. The minimum absolute atomic E-state index is 0.0475. The van der Waals surface area contributed by atoms with Gasteiger partial charge >= 0.3 is 0 Å². The van der Waals surface area contributed by atoms with Gasteiger partial charge in [0.05, 0.1) is 4.90 Å². The highest BCUT2D eigenvalue weighted by atomic mass is 32.2. The monoisotopic (exact) mass is 391 g/mol. The van der Waals surface area contributed by atoms with E-state index in [1.807, 2.05) is 0 Å². The van der Waals surface area contributed by atoms with E-state index in [0.717, 1.165) is 0 Å². The van der Waals surface area contributed by atoms with Gasteiger partial charge in [0.2, 0.25) is 16.6 Å². The lowest BCUT2D eigenvalue weighted by molar-refractivity contribution is -0.684. The molecule has 0 aliphatic heterocycles. The average Bonchev–Trinajstić information content (AvgIpc) is 2.62. The van der Waals surface area contributed by atoms with E-state index in [2.05, 4.69) is 5.32 Å². The van der Waals surface area contributed by atoms with Crippen LogP contribution in [0, 0.1) is 0 Å². The number of nitrogens with zero attached hydrogens (tertiary/aromatic N) is 2. The van der Waals surface area contributed by atoms with Crippen LogP contribution < -0.4 is 15.6 Å². The summed E-state index contributed by atoms with van der Waals surface area (Å²) in [4.78, 5) is 23.6. The van der Waals surface area contributed by atoms with Gasteiger partial charge in [-0.2, -0.15) is 8.87 Å². The number of nitrogens with one attached hydrogen (secondary N) is 1. The third-order valence-electron chi connectivity index (χ3n) is 3.93. The van der Waals surface area contributed by atoms with Gasteiger partial charge in [-0.15, -0.1) is 0 Å². The van der Waals surface area contributed by atoms with Gasteiger partial charge in [0, 0.05) is 24.8 Å². The van der Waals surface area contributed by atoms with Gasteiger partial charge in [-0.1, -0.05) is 19.9 Å². The van der Waals surface area contributed by atoms with Crippen molar-refractivity contribution in [2.75, 3.05) is 18.4 Å². The fraction of sp³-hybridized carbons (Fsp3) is 0.278. The van der Waals surface area contributed by atoms with Crippen LogP contribution in [0.3, 0.4) is 0 Å². The molecule has 0 unspecified atom stereocenters. The summed E-state index contributed by atoms with van der Waals surface area (Å²) in [5, 5.41) is 2.67. The maximum absolute atomic E-state index is 12.6. The van der Waals surface area contributed by atoms with E-state index in [1.165, 1.54) is 27.2 Å². The van der Waals surface area contributed by atoms with Gasteiger partial charge in [-0.3, -0.25) is 9.59 Å². The molecule has 3 N–H and O–H groups in total. The zero-order valence-corrected chi connectivity index (χ0v) is 16.1. The summed E-state index contributed by atoms with van der Waals surface area (Å²) in [5.41, 5.74) is 5.89. The van der Waals surface area contributed by atoms with Crippen molar-refractivity contribution in [2.45, 2.75) is 25.3 Å². The van der Waals surface area contributed by atoms with Crippen LogP contribution in [0.2, 0.25) is 0 Å². The maximum Gasteiger partial charge on any atom is 0.290 e. The average molecular weight is 391 g/mol. The Hall–Kier alpha value is -2.78. The SMILES string of the molecule is CCN(CC)S(=O)(=O)c1cccc(NC(=O)C[n+]2cccc(C(N)=O)c2)c1. The van der Waals surface area contributed by atoms with Crippen molar-refractivity contribution in [3.05, 3.63) is 54.4 Å². The van der Waals surface area contributed by atoms with Crippen LogP contribution in [0.1, 0.15) is 24.2 Å². The molecule has 8 nitrogen and oxygen atoms in total. The molecule has 0 atom stereocenters. The lowest BCUT2D eigenvalue weighted by atomic mass is 10.2. The van der Waals surface area contributed by atoms with E-state index >= 15 is 0 Å². The number of anilines is 1. The largest absolute Gasteiger partial charge is 0.365 e. The molecule has 0 saturated heterocycles. The zero-order valence-electron chi connectivity index (χ0n) is 15.3. The predicted molar refractivity (Wildman–Crippen MR) is 100 cm³/mol. The summed E-state index contributed by atoms with van der Waals surface area (Å²) < 4.78 is 28.0. The highest BCUT2D eigenvalue weighted by Crippen LogP contribution is 2.19. The highest BCUT2D eigenvalue weighted by molar-refractivity contribution is 7.89. The summed E-state index contributed by atoms with van der Waals surface area (Å²) >= 11 is 0. The number of benzene rings is 1. The predicted octanol–water partition coefficient (Wildman–Crippen LogP) is 0.742. The van der Waals surface area contributed by atoms with Gasteiger partial charge < -0.3 is 11.1 Å². The Kier molecular flexibility index (Phi) is 6.65. The summed E-state index contributed by atoms with van der Waals surface area (Å²) in [6.07, 6.45) is 3.11. The molecule has 0 bridgehead atoms. The fourth-order valence-corrected chi connectivity index (χ4v) is 4.08. The Morgan fingerprint density at radius 2 is 1.85 bits per heavy atom. The van der Waals surface area contributed by atoms with Crippen LogP contribution in [0.15, 0.2) is 53.7 Å². The smallest absolute Gasteiger partial charge is 0.290 e. The third-order valence-corrected chi connectivity index (χ3v) is 5.98. The Morgan fingerprint density at radius 3 is 2.48 bits per heavy atom. The van der Waals surface area contributed by atoms with Crippen molar-refractivity contribution in [3.8, 4) is 0 Å². The number of nitrogens with two attached hydrogens (primary N) is 1. The standard InChI is InChI=1S/C18H22N4O4S/c1-3-22(4-2)27(25,26)16-9-5-8-15(11-16)20-17(23)13-21-10-6-7-14(12-21)18(19)24/h5-12H,3-4,13H2,1-2H3,(H2-,19,20,23,24)/p+1. The molecule has 2 aromatic rings. The van der Waals surface area contributed by atoms with Crippen LogP contribution in [-0.4, -0.2) is 37.6 Å². The number of hydrogen-bond acceptors (Lipinski definition) is 4. The van der Waals surface area contributed by atoms with E-state index in [0.29, 0.717) is 18.8 Å². The van der Waals surface area contributed by atoms with E-state index < -0.39 is 15.9 Å². The first-order chi connectivity index (χ1) is 12.8. The van der Waals surface area contributed by atoms with Crippen LogP contribution >= 0.6 is 0 Å². The van der Waals surface area contributed by atoms with Gasteiger partial charge in [-0.05, 0) is 24.3 Å². The summed E-state index contributed by atoms with van der Waals surface area (Å²) in [7, 11) is -3.61. The molecule has 0 fully saturated rings. The Morgan fingerprint density at radius 1 is 1.15 bits per heavy atom. The molecule has 2 amide bonds. The number of carbonyl (C=O) groups is 2. The van der Waals surface area contributed by atoms with E-state index in [4.69, 9.17) is 5.73 Å². The van der Waals surface area contributed by atoms with Crippen LogP contribution in [0.4, 0.5) is 5.69 Å². The molecule has 1 aromatic heterocycles. The van der Waals surface area contributed by atoms with E-state index in [1.54, 1.807) is 44.3 Å². The highest BCUT2D eigenvalue weighted by Gasteiger charge is 2.22. The second-order valence-corrected chi connectivity index (χ2v) is 7.73. The number of aromatic nitrogens is 1. The number of primary amides is 1. The van der Waals surface area contributed by atoms with Crippen molar-refractivity contribution in [1.82, 2.24) is 4.31 Å². The Balaban J connectivity index is 2.15. The molecule has 0 radical (unpaired) electrons. The molecule has 0 spiro atoms. The minimum Gasteiger partial charge on any atom is -0.365 e. The number of sulfonamides is 1. The van der Waals surface area contributed by atoms with Gasteiger partial charge in [-0.25, -0.2) is 8.42 Å². The zero-order chi connectivity index (χ0) is 20.0. The van der Waals surface area contributed by atoms with Gasteiger partial charge in [0.15, 0.2) is 12.4 Å². The van der Waals surface area contributed by atoms with Crippen molar-refractivity contribution >= 4 is 27.5 Å². The second kappa shape index (κ2) is 8.74. The maximum atomic E-state index is 12.6. The fourth-order valence-electron chi connectivity index (χ4n) is 2.58. The second-order valence-electron chi connectivity index (χ2n) is 5.79. The first-order valence-electron chi connectivity index (χ1n) is 8.47. The normalized spacial score (nSPS) is 11.4. The molecule has 27 heavy (non-hydrogen) atoms. The van der Waals surface area contributed by atoms with E-state index in [9.17, 15) is 18.0 Å². The number of rotatable bonds is 8. The van der Waals surface area contributed by atoms with Crippen molar-refractivity contribution < 1.29 is 22.6 Å². The summed E-state index contributed by atoms with van der Waals surface area (Å²) in [5.74, 6) is -0.946. The number of carbonyl (C=O) groups excluding carboxylic acids is 2. The first-order valence-corrected chi connectivity index (χ1v) is 9.91. The molecule has 144 valence electrons. The molecule has 0 aliphatic rings. The van der Waals surface area contributed by atoms with Crippen molar-refractivity contribution in [2.24, 2.45) is 5.73 Å². The number of pyridine rings is 1. The van der Waals surface area contributed by atoms with Crippen LogP contribution in [0.5, 0.6) is 0 Å². The van der Waals surface area contributed by atoms with Crippen molar-refractivity contribution in [1.29, 1.82) is 0 Å². The molecular weight excluding hydrogens is 368 g/mol. The summed E-state index contributed by atoms with van der Waals surface area (Å²) in [6.45, 7) is 4.22.